The zero-order valence-electron chi connectivity index (χ0n) is 22.2. The lowest BCUT2D eigenvalue weighted by atomic mass is 9.78. The summed E-state index contributed by atoms with van der Waals surface area (Å²) in [4.78, 5) is 29.9. The summed E-state index contributed by atoms with van der Waals surface area (Å²) in [5.74, 6) is -4.48. The van der Waals surface area contributed by atoms with Crippen molar-refractivity contribution in [3.8, 4) is 0 Å². The van der Waals surface area contributed by atoms with Crippen molar-refractivity contribution in [1.82, 2.24) is 10.3 Å². The van der Waals surface area contributed by atoms with Crippen LogP contribution in [0.15, 0.2) is 59.4 Å². The Morgan fingerprint density at radius 3 is 2.24 bits per heavy atom. The topological polar surface area (TPSA) is 62.3 Å². The average Bonchev–Trinajstić information content (AvgIpc) is 2.88. The van der Waals surface area contributed by atoms with Gasteiger partial charge in [0.05, 0.1) is 26.7 Å². The van der Waals surface area contributed by atoms with Crippen LogP contribution in [0.4, 0.5) is 45.2 Å². The summed E-state index contributed by atoms with van der Waals surface area (Å²) in [7, 11) is 1.12. The number of pyridine rings is 1. The SMILES string of the molecule is CCCC(F)(C1=CC(C(F)(F)F)=C(NC(=O)c2cccc(N(C)C(=O)c3ccc(F)nc3)c2F)C(C)(Br)C1)C(F)(F)F. The van der Waals surface area contributed by atoms with Gasteiger partial charge in [0.25, 0.3) is 11.8 Å². The van der Waals surface area contributed by atoms with E-state index in [1.807, 2.05) is 5.32 Å². The molecule has 1 aromatic heterocycles. The monoisotopic (exact) mass is 671 g/mol. The van der Waals surface area contributed by atoms with E-state index in [9.17, 15) is 40.3 Å². The Hall–Kier alpha value is -3.36. The molecule has 1 aromatic carbocycles. The number of rotatable bonds is 7. The van der Waals surface area contributed by atoms with Gasteiger partial charge in [0.15, 0.2) is 5.82 Å². The molecule has 3 rings (SSSR count). The van der Waals surface area contributed by atoms with Gasteiger partial charge in [-0.3, -0.25) is 9.59 Å². The van der Waals surface area contributed by atoms with Gasteiger partial charge in [-0.25, -0.2) is 13.8 Å². The summed E-state index contributed by atoms with van der Waals surface area (Å²) in [6, 6.07) is 5.10. The van der Waals surface area contributed by atoms with Crippen LogP contribution in [-0.4, -0.2) is 46.2 Å². The molecule has 2 amide bonds. The molecule has 2 aromatic rings. The molecule has 0 bridgehead atoms. The van der Waals surface area contributed by atoms with Gasteiger partial charge in [0.1, 0.15) is 0 Å². The third kappa shape index (κ3) is 6.50. The minimum atomic E-state index is -5.52. The number of carbonyl (C=O) groups is 2. The molecule has 2 unspecified atom stereocenters. The summed E-state index contributed by atoms with van der Waals surface area (Å²) >= 11 is 2.92. The van der Waals surface area contributed by atoms with Crippen LogP contribution in [0.5, 0.6) is 0 Å². The number of amides is 2. The molecule has 1 aliphatic carbocycles. The molecule has 0 spiro atoms. The Kier molecular flexibility index (Phi) is 9.26. The fraction of sp³-hybridized carbons (Fsp3) is 0.370. The molecule has 0 aliphatic heterocycles. The number of alkyl halides is 8. The van der Waals surface area contributed by atoms with Crippen LogP contribution in [0.3, 0.4) is 0 Å². The number of carbonyl (C=O) groups excluding carboxylic acids is 2. The number of allylic oxidation sites excluding steroid dienone is 4. The first kappa shape index (κ1) is 33.1. The zero-order chi connectivity index (χ0) is 31.8. The molecule has 228 valence electrons. The van der Waals surface area contributed by atoms with Crippen LogP contribution in [-0.2, 0) is 0 Å². The first-order valence-corrected chi connectivity index (χ1v) is 13.0. The van der Waals surface area contributed by atoms with E-state index in [1.165, 1.54) is 6.92 Å². The molecule has 0 saturated heterocycles. The molecule has 1 N–H and O–H groups in total. The number of benzene rings is 1. The highest BCUT2D eigenvalue weighted by Crippen LogP contribution is 2.52. The normalized spacial score (nSPS) is 19.2. The van der Waals surface area contributed by atoms with Crippen molar-refractivity contribution in [3.63, 3.8) is 0 Å². The van der Waals surface area contributed by atoms with Gasteiger partial charge in [-0.2, -0.15) is 30.7 Å². The maximum absolute atomic E-state index is 15.5. The lowest BCUT2D eigenvalue weighted by Gasteiger charge is -2.39. The number of nitrogens with one attached hydrogen (secondary N) is 1. The molecule has 5 nitrogen and oxygen atoms in total. The van der Waals surface area contributed by atoms with Crippen molar-refractivity contribution in [2.75, 3.05) is 11.9 Å². The maximum atomic E-state index is 15.5. The molecule has 2 atom stereocenters. The van der Waals surface area contributed by atoms with Crippen LogP contribution in [0.2, 0.25) is 0 Å². The molecule has 1 aliphatic rings. The number of hydrogen-bond donors (Lipinski definition) is 1. The largest absolute Gasteiger partial charge is 0.426 e. The lowest BCUT2D eigenvalue weighted by Crippen LogP contribution is -2.48. The molecular formula is C27H23BrF9N3O2. The van der Waals surface area contributed by atoms with Crippen molar-refractivity contribution in [1.29, 1.82) is 0 Å². The second kappa shape index (κ2) is 11.7. The van der Waals surface area contributed by atoms with Crippen LogP contribution >= 0.6 is 15.9 Å². The van der Waals surface area contributed by atoms with Gasteiger partial charge >= 0.3 is 12.4 Å². The number of hydrogen-bond acceptors (Lipinski definition) is 3. The number of anilines is 1. The van der Waals surface area contributed by atoms with Gasteiger partial charge in [-0.05, 0) is 55.7 Å². The second-order valence-electron chi connectivity index (χ2n) is 9.71. The van der Waals surface area contributed by atoms with Crippen LogP contribution in [0, 0.1) is 11.8 Å². The van der Waals surface area contributed by atoms with E-state index < -0.39 is 86.9 Å². The number of halogens is 10. The number of aromatic nitrogens is 1. The summed E-state index contributed by atoms with van der Waals surface area (Å²) in [5, 5.41) is 1.93. The maximum Gasteiger partial charge on any atom is 0.426 e. The van der Waals surface area contributed by atoms with Crippen LogP contribution in [0.25, 0.3) is 0 Å². The van der Waals surface area contributed by atoms with E-state index in [-0.39, 0.29) is 18.1 Å². The smallest absolute Gasteiger partial charge is 0.324 e. The van der Waals surface area contributed by atoms with E-state index in [2.05, 4.69) is 20.9 Å². The minimum absolute atomic E-state index is 0.0255. The van der Waals surface area contributed by atoms with E-state index in [1.54, 1.807) is 0 Å². The molecule has 15 heteroatoms. The first-order valence-electron chi connectivity index (χ1n) is 12.2. The van der Waals surface area contributed by atoms with E-state index >= 15 is 8.78 Å². The lowest BCUT2D eigenvalue weighted by molar-refractivity contribution is -0.219. The van der Waals surface area contributed by atoms with Crippen molar-refractivity contribution >= 4 is 33.4 Å². The van der Waals surface area contributed by atoms with E-state index in [4.69, 9.17) is 0 Å². The zero-order valence-corrected chi connectivity index (χ0v) is 23.7. The molecule has 0 saturated carbocycles. The van der Waals surface area contributed by atoms with Gasteiger partial charge in [-0.1, -0.05) is 35.3 Å². The predicted octanol–water partition coefficient (Wildman–Crippen LogP) is 7.74. The quantitative estimate of drug-likeness (QED) is 0.186. The van der Waals surface area contributed by atoms with Crippen molar-refractivity contribution in [2.24, 2.45) is 0 Å². The summed E-state index contributed by atoms with van der Waals surface area (Å²) in [5.41, 5.74) is -9.40. The van der Waals surface area contributed by atoms with Gasteiger partial charge < -0.3 is 10.2 Å². The highest BCUT2D eigenvalue weighted by atomic mass is 79.9. The molecular weight excluding hydrogens is 649 g/mol. The summed E-state index contributed by atoms with van der Waals surface area (Å²) < 4.78 is 125. The average molecular weight is 672 g/mol. The minimum Gasteiger partial charge on any atom is -0.324 e. The van der Waals surface area contributed by atoms with Crippen molar-refractivity contribution in [3.05, 3.63) is 82.3 Å². The van der Waals surface area contributed by atoms with Gasteiger partial charge in [0, 0.05) is 18.9 Å². The van der Waals surface area contributed by atoms with E-state index in [0.29, 0.717) is 0 Å². The molecule has 0 fully saturated rings. The standard InChI is InChI=1S/C27H23BrF9N3O2/c1-4-10-25(31,27(35,36)37)15-11-17(26(32,33)34)21(24(2,28)12-15)39-22(41)16-6-5-7-18(20(16)30)40(3)23(42)14-8-9-19(29)38-13-14/h5-9,11,13H,4,10,12H2,1-3H3,(H,39,41). The van der Waals surface area contributed by atoms with Crippen LogP contribution < -0.4 is 10.2 Å². The Morgan fingerprint density at radius 1 is 1.07 bits per heavy atom. The van der Waals surface area contributed by atoms with Crippen molar-refractivity contribution in [2.45, 2.75) is 55.5 Å². The van der Waals surface area contributed by atoms with Crippen LogP contribution in [0.1, 0.15) is 53.8 Å². The summed E-state index contributed by atoms with van der Waals surface area (Å²) in [6.07, 6.45) is -12.3. The Bertz CT molecular complexity index is 1430. The molecule has 0 radical (unpaired) electrons. The third-order valence-electron chi connectivity index (χ3n) is 6.59. The molecule has 1 heterocycles. The van der Waals surface area contributed by atoms with Crippen molar-refractivity contribution < 1.29 is 49.1 Å². The third-order valence-corrected chi connectivity index (χ3v) is 7.27. The predicted molar refractivity (Wildman–Crippen MR) is 139 cm³/mol. The Balaban J connectivity index is 2.06. The fourth-order valence-electron chi connectivity index (χ4n) is 4.47. The van der Waals surface area contributed by atoms with Gasteiger partial charge in [-0.15, -0.1) is 0 Å². The van der Waals surface area contributed by atoms with Gasteiger partial charge in [0.2, 0.25) is 11.6 Å². The Morgan fingerprint density at radius 2 is 1.71 bits per heavy atom. The Labute approximate surface area is 242 Å². The fourth-order valence-corrected chi connectivity index (χ4v) is 5.08. The first-order chi connectivity index (χ1) is 19.2. The summed E-state index contributed by atoms with van der Waals surface area (Å²) in [6.45, 7) is 2.26. The highest BCUT2D eigenvalue weighted by Gasteiger charge is 2.60. The highest BCUT2D eigenvalue weighted by molar-refractivity contribution is 9.10. The number of nitrogens with zero attached hydrogens (tertiary/aromatic N) is 2. The molecule has 42 heavy (non-hydrogen) atoms. The van der Waals surface area contributed by atoms with E-state index in [0.717, 1.165) is 55.4 Å². The second-order valence-corrected chi connectivity index (χ2v) is 11.5.